The maximum atomic E-state index is 13.0. The fraction of sp³-hybridized carbons (Fsp3) is 0.0455. The monoisotopic (exact) mass is 429 g/mol. The maximum Gasteiger partial charge on any atom is 0.417 e. The van der Waals surface area contributed by atoms with Gasteiger partial charge < -0.3 is 15.2 Å². The second kappa shape index (κ2) is 7.76. The van der Waals surface area contributed by atoms with Crippen LogP contribution >= 0.6 is 11.6 Å². The summed E-state index contributed by atoms with van der Waals surface area (Å²) in [7, 11) is 0. The fourth-order valence-electron chi connectivity index (χ4n) is 3.13. The van der Waals surface area contributed by atoms with E-state index < -0.39 is 22.8 Å². The largest absolute Gasteiger partial charge is 0.417 e. The minimum Gasteiger partial charge on any atom is -0.317 e. The lowest BCUT2D eigenvalue weighted by atomic mass is 10.2. The zero-order valence-corrected chi connectivity index (χ0v) is 16.1. The first kappa shape index (κ1) is 19.8. The highest BCUT2D eigenvalue weighted by Gasteiger charge is 2.33. The molecule has 4 nitrogen and oxygen atoms in total. The van der Waals surface area contributed by atoms with Crippen LogP contribution < -0.4 is 10.6 Å². The first-order chi connectivity index (χ1) is 14.3. The summed E-state index contributed by atoms with van der Waals surface area (Å²) in [6, 6.07) is 19.6. The maximum absolute atomic E-state index is 13.0. The van der Waals surface area contributed by atoms with Crippen molar-refractivity contribution in [2.75, 3.05) is 10.6 Å². The van der Waals surface area contributed by atoms with Crippen LogP contribution in [0.15, 0.2) is 79.0 Å². The predicted molar refractivity (Wildman–Crippen MR) is 112 cm³/mol. The molecule has 1 heterocycles. The van der Waals surface area contributed by atoms with Gasteiger partial charge in [-0.05, 0) is 60.0 Å². The van der Waals surface area contributed by atoms with Crippen molar-refractivity contribution in [3.8, 4) is 5.69 Å². The number of carbonyl (C=O) groups excluding carboxylic acids is 1. The van der Waals surface area contributed by atoms with Crippen LogP contribution in [0.1, 0.15) is 5.56 Å². The molecule has 0 spiro atoms. The summed E-state index contributed by atoms with van der Waals surface area (Å²) in [4.78, 5) is 12.2. The number of hydrogen-bond donors (Lipinski definition) is 2. The summed E-state index contributed by atoms with van der Waals surface area (Å²) in [6.07, 6.45) is -2.65. The van der Waals surface area contributed by atoms with Gasteiger partial charge in [-0.25, -0.2) is 4.79 Å². The average Bonchev–Trinajstić information content (AvgIpc) is 3.13. The van der Waals surface area contributed by atoms with Gasteiger partial charge in [0.2, 0.25) is 0 Å². The smallest absolute Gasteiger partial charge is 0.317 e. The summed E-state index contributed by atoms with van der Waals surface area (Å²) in [5, 5.41) is 5.66. The molecule has 3 aromatic carbocycles. The first-order valence-corrected chi connectivity index (χ1v) is 9.30. The van der Waals surface area contributed by atoms with E-state index in [9.17, 15) is 18.0 Å². The van der Waals surface area contributed by atoms with Gasteiger partial charge in [0.25, 0.3) is 0 Å². The minimum atomic E-state index is -4.61. The number of benzene rings is 3. The third kappa shape index (κ3) is 4.11. The van der Waals surface area contributed by atoms with Crippen molar-refractivity contribution in [1.29, 1.82) is 0 Å². The Morgan fingerprint density at radius 3 is 2.27 bits per heavy atom. The van der Waals surface area contributed by atoms with Crippen LogP contribution in [0, 0.1) is 0 Å². The number of urea groups is 1. The number of aromatic nitrogens is 1. The molecule has 2 N–H and O–H groups in total. The Hall–Kier alpha value is -3.45. The number of halogens is 4. The van der Waals surface area contributed by atoms with E-state index in [2.05, 4.69) is 10.6 Å². The summed E-state index contributed by atoms with van der Waals surface area (Å²) < 4.78 is 40.9. The Bertz CT molecular complexity index is 1220. The third-order valence-electron chi connectivity index (χ3n) is 4.53. The molecular weight excluding hydrogens is 415 g/mol. The predicted octanol–water partition coefficient (Wildman–Crippen LogP) is 6.95. The van der Waals surface area contributed by atoms with Gasteiger partial charge in [0.1, 0.15) is 0 Å². The second-order valence-corrected chi connectivity index (χ2v) is 6.97. The number of nitrogens with zero attached hydrogens (tertiary/aromatic N) is 1. The highest BCUT2D eigenvalue weighted by Crippen LogP contribution is 2.36. The van der Waals surface area contributed by atoms with Crippen molar-refractivity contribution >= 4 is 39.9 Å². The number of fused-ring (bicyclic) bond motifs is 1. The van der Waals surface area contributed by atoms with E-state index in [4.69, 9.17) is 11.6 Å². The van der Waals surface area contributed by atoms with E-state index in [1.165, 1.54) is 6.07 Å². The lowest BCUT2D eigenvalue weighted by Gasteiger charge is -2.13. The Kier molecular flexibility index (Phi) is 5.13. The van der Waals surface area contributed by atoms with Crippen LogP contribution in [0.5, 0.6) is 0 Å². The quantitative estimate of drug-likeness (QED) is 0.364. The van der Waals surface area contributed by atoms with Gasteiger partial charge in [0, 0.05) is 23.3 Å². The van der Waals surface area contributed by atoms with Gasteiger partial charge in [-0.1, -0.05) is 29.8 Å². The Labute approximate surface area is 174 Å². The van der Waals surface area contributed by atoms with Crippen molar-refractivity contribution in [2.45, 2.75) is 6.18 Å². The molecule has 0 aliphatic heterocycles. The molecule has 0 saturated carbocycles. The van der Waals surface area contributed by atoms with E-state index in [0.717, 1.165) is 28.7 Å². The lowest BCUT2D eigenvalue weighted by molar-refractivity contribution is -0.137. The van der Waals surface area contributed by atoms with E-state index in [1.54, 1.807) is 12.1 Å². The normalized spacial score (nSPS) is 11.5. The van der Waals surface area contributed by atoms with E-state index in [1.807, 2.05) is 53.2 Å². The fourth-order valence-corrected chi connectivity index (χ4v) is 3.35. The molecular formula is C22H15ClF3N3O. The first-order valence-electron chi connectivity index (χ1n) is 8.92. The number of hydrogen-bond acceptors (Lipinski definition) is 1. The minimum absolute atomic E-state index is 0.0142. The van der Waals surface area contributed by atoms with E-state index in [-0.39, 0.29) is 5.69 Å². The Balaban J connectivity index is 1.47. The number of rotatable bonds is 3. The highest BCUT2D eigenvalue weighted by molar-refractivity contribution is 6.31. The van der Waals surface area contributed by atoms with Crippen LogP contribution in [-0.4, -0.2) is 10.6 Å². The Morgan fingerprint density at radius 1 is 0.867 bits per heavy atom. The van der Waals surface area contributed by atoms with Crippen LogP contribution in [0.2, 0.25) is 5.02 Å². The standard InChI is InChI=1S/C22H15ClF3N3O/c23-19-10-7-16(13-18(19)22(24,25)26)28-21(30)27-15-5-8-17(9-6-15)29-12-11-14-3-1-2-4-20(14)29/h1-13H,(H2,27,28,30). The van der Waals surface area contributed by atoms with Gasteiger partial charge in [-0.15, -0.1) is 0 Å². The molecule has 30 heavy (non-hydrogen) atoms. The number of nitrogens with one attached hydrogen (secondary N) is 2. The van der Waals surface area contributed by atoms with Crippen molar-refractivity contribution in [1.82, 2.24) is 4.57 Å². The van der Waals surface area contributed by atoms with Crippen LogP contribution in [0.4, 0.5) is 29.3 Å². The second-order valence-electron chi connectivity index (χ2n) is 6.56. The average molecular weight is 430 g/mol. The molecule has 0 fully saturated rings. The van der Waals surface area contributed by atoms with Gasteiger partial charge in [-0.3, -0.25) is 0 Å². The summed E-state index contributed by atoms with van der Waals surface area (Å²) >= 11 is 5.59. The Morgan fingerprint density at radius 2 is 1.53 bits per heavy atom. The van der Waals surface area contributed by atoms with Gasteiger partial charge in [0.05, 0.1) is 16.1 Å². The molecule has 152 valence electrons. The molecule has 0 aliphatic carbocycles. The van der Waals surface area contributed by atoms with E-state index >= 15 is 0 Å². The summed E-state index contributed by atoms with van der Waals surface area (Å²) in [6.45, 7) is 0. The van der Waals surface area contributed by atoms with Gasteiger partial charge in [-0.2, -0.15) is 13.2 Å². The van der Waals surface area contributed by atoms with Crippen LogP contribution in [0.3, 0.4) is 0 Å². The molecule has 1 aromatic heterocycles. The highest BCUT2D eigenvalue weighted by atomic mass is 35.5. The molecule has 0 unspecified atom stereocenters. The summed E-state index contributed by atoms with van der Waals surface area (Å²) in [5.41, 5.74) is 1.44. The van der Waals surface area contributed by atoms with E-state index in [0.29, 0.717) is 5.69 Å². The van der Waals surface area contributed by atoms with Crippen molar-refractivity contribution < 1.29 is 18.0 Å². The number of alkyl halides is 3. The van der Waals surface area contributed by atoms with Crippen molar-refractivity contribution in [2.24, 2.45) is 0 Å². The number of para-hydroxylation sites is 1. The molecule has 0 atom stereocenters. The molecule has 0 aliphatic rings. The molecule has 4 aromatic rings. The zero-order valence-electron chi connectivity index (χ0n) is 15.4. The molecule has 0 radical (unpaired) electrons. The van der Waals surface area contributed by atoms with Crippen LogP contribution in [0.25, 0.3) is 16.6 Å². The summed E-state index contributed by atoms with van der Waals surface area (Å²) in [5.74, 6) is 0. The van der Waals surface area contributed by atoms with Gasteiger partial charge >= 0.3 is 12.2 Å². The molecule has 2 amide bonds. The third-order valence-corrected chi connectivity index (χ3v) is 4.86. The SMILES string of the molecule is O=C(Nc1ccc(-n2ccc3ccccc32)cc1)Nc1ccc(Cl)c(C(F)(F)F)c1. The van der Waals surface area contributed by atoms with Gasteiger partial charge in [0.15, 0.2) is 0 Å². The molecule has 0 saturated heterocycles. The molecule has 0 bridgehead atoms. The molecule has 4 rings (SSSR count). The number of amides is 2. The number of anilines is 2. The van der Waals surface area contributed by atoms with Crippen molar-refractivity contribution in [3.05, 3.63) is 89.6 Å². The number of carbonyl (C=O) groups is 1. The van der Waals surface area contributed by atoms with Crippen molar-refractivity contribution in [3.63, 3.8) is 0 Å². The topological polar surface area (TPSA) is 46.1 Å². The molecule has 8 heteroatoms. The lowest BCUT2D eigenvalue weighted by Crippen LogP contribution is -2.20. The van der Waals surface area contributed by atoms with Crippen LogP contribution in [-0.2, 0) is 6.18 Å². The zero-order chi connectivity index (χ0) is 21.3.